The molecule has 4 rings (SSSR count). The lowest BCUT2D eigenvalue weighted by molar-refractivity contribution is -0.122. The molecule has 0 radical (unpaired) electrons. The molecule has 33 heavy (non-hydrogen) atoms. The molecule has 2 atom stereocenters. The Hall–Kier alpha value is -2.51. The molecule has 2 aliphatic heterocycles. The van der Waals surface area contributed by atoms with Gasteiger partial charge in [-0.05, 0) is 68.5 Å². The SMILES string of the molecule is O=C(CN1CCCC1C1CCCN1Cc1ccccc1)NCCc1ccc(OC(F)F)cc1. The summed E-state index contributed by atoms with van der Waals surface area (Å²) < 4.78 is 28.9. The van der Waals surface area contributed by atoms with Crippen LogP contribution in [0.5, 0.6) is 5.75 Å². The molecule has 2 aromatic rings. The number of benzene rings is 2. The number of carbonyl (C=O) groups is 1. The van der Waals surface area contributed by atoms with Gasteiger partial charge in [0.25, 0.3) is 0 Å². The second-order valence-electron chi connectivity index (χ2n) is 8.97. The first-order chi connectivity index (χ1) is 16.1. The molecule has 0 bridgehead atoms. The number of carbonyl (C=O) groups excluding carboxylic acids is 1. The molecule has 2 fully saturated rings. The third kappa shape index (κ3) is 6.74. The van der Waals surface area contributed by atoms with Gasteiger partial charge in [-0.15, -0.1) is 0 Å². The van der Waals surface area contributed by atoms with E-state index in [1.165, 1.54) is 30.5 Å². The van der Waals surface area contributed by atoms with Crippen molar-refractivity contribution in [1.29, 1.82) is 0 Å². The molecule has 2 aliphatic rings. The Balaban J connectivity index is 1.23. The summed E-state index contributed by atoms with van der Waals surface area (Å²) in [6, 6.07) is 18.1. The molecule has 5 nitrogen and oxygen atoms in total. The van der Waals surface area contributed by atoms with Crippen LogP contribution in [0.2, 0.25) is 0 Å². The molecule has 7 heteroatoms. The molecule has 2 heterocycles. The largest absolute Gasteiger partial charge is 0.435 e. The van der Waals surface area contributed by atoms with Crippen LogP contribution in [-0.2, 0) is 17.8 Å². The Morgan fingerprint density at radius 2 is 1.61 bits per heavy atom. The van der Waals surface area contributed by atoms with Crippen molar-refractivity contribution in [2.75, 3.05) is 26.2 Å². The van der Waals surface area contributed by atoms with Gasteiger partial charge in [0.15, 0.2) is 0 Å². The van der Waals surface area contributed by atoms with Crippen molar-refractivity contribution in [3.8, 4) is 5.75 Å². The summed E-state index contributed by atoms with van der Waals surface area (Å²) in [5.41, 5.74) is 2.32. The minimum absolute atomic E-state index is 0.0483. The van der Waals surface area contributed by atoms with Crippen LogP contribution in [0.3, 0.4) is 0 Å². The Kier molecular flexibility index (Phi) is 8.29. The highest BCUT2D eigenvalue weighted by Gasteiger charge is 2.38. The van der Waals surface area contributed by atoms with Crippen LogP contribution in [0, 0.1) is 0 Å². The van der Waals surface area contributed by atoms with E-state index in [4.69, 9.17) is 0 Å². The van der Waals surface area contributed by atoms with Gasteiger partial charge in [-0.25, -0.2) is 0 Å². The van der Waals surface area contributed by atoms with Crippen molar-refractivity contribution in [1.82, 2.24) is 15.1 Å². The van der Waals surface area contributed by atoms with Gasteiger partial charge >= 0.3 is 6.61 Å². The first-order valence-corrected chi connectivity index (χ1v) is 11.9. The van der Waals surface area contributed by atoms with Gasteiger partial charge in [0, 0.05) is 25.2 Å². The van der Waals surface area contributed by atoms with Crippen molar-refractivity contribution in [3.05, 3.63) is 65.7 Å². The molecule has 1 N–H and O–H groups in total. The second-order valence-corrected chi connectivity index (χ2v) is 8.97. The lowest BCUT2D eigenvalue weighted by Gasteiger charge is -2.34. The van der Waals surface area contributed by atoms with Crippen molar-refractivity contribution in [3.63, 3.8) is 0 Å². The van der Waals surface area contributed by atoms with E-state index in [-0.39, 0.29) is 11.7 Å². The minimum atomic E-state index is -2.82. The topological polar surface area (TPSA) is 44.8 Å². The van der Waals surface area contributed by atoms with E-state index in [2.05, 4.69) is 50.2 Å². The monoisotopic (exact) mass is 457 g/mol. The van der Waals surface area contributed by atoms with E-state index in [9.17, 15) is 13.6 Å². The average Bonchev–Trinajstić information content (AvgIpc) is 3.44. The van der Waals surface area contributed by atoms with Crippen LogP contribution in [-0.4, -0.2) is 60.6 Å². The summed E-state index contributed by atoms with van der Waals surface area (Å²) in [7, 11) is 0. The van der Waals surface area contributed by atoms with Crippen LogP contribution >= 0.6 is 0 Å². The lowest BCUT2D eigenvalue weighted by atomic mass is 10.0. The summed E-state index contributed by atoms with van der Waals surface area (Å²) in [5, 5.41) is 3.02. The number of nitrogens with zero attached hydrogens (tertiary/aromatic N) is 2. The first kappa shape index (κ1) is 23.6. The van der Waals surface area contributed by atoms with E-state index in [1.807, 2.05) is 0 Å². The maximum atomic E-state index is 12.6. The number of likely N-dealkylation sites (tertiary alicyclic amines) is 2. The highest BCUT2D eigenvalue weighted by atomic mass is 19.3. The second kappa shape index (κ2) is 11.6. The van der Waals surface area contributed by atoms with Crippen LogP contribution in [0.4, 0.5) is 8.78 Å². The smallest absolute Gasteiger partial charge is 0.387 e. The predicted molar refractivity (Wildman–Crippen MR) is 124 cm³/mol. The number of hydrogen-bond acceptors (Lipinski definition) is 4. The fourth-order valence-electron chi connectivity index (χ4n) is 5.21. The number of alkyl halides is 2. The van der Waals surface area contributed by atoms with Crippen LogP contribution < -0.4 is 10.1 Å². The van der Waals surface area contributed by atoms with Crippen LogP contribution in [0.25, 0.3) is 0 Å². The number of halogens is 2. The van der Waals surface area contributed by atoms with E-state index in [1.54, 1.807) is 12.1 Å². The summed E-state index contributed by atoms with van der Waals surface area (Å²) >= 11 is 0. The van der Waals surface area contributed by atoms with Gasteiger partial charge in [-0.1, -0.05) is 42.5 Å². The van der Waals surface area contributed by atoms with E-state index in [0.29, 0.717) is 31.6 Å². The molecular formula is C26H33F2N3O2. The van der Waals surface area contributed by atoms with Gasteiger partial charge in [0.1, 0.15) is 5.75 Å². The van der Waals surface area contributed by atoms with Crippen LogP contribution in [0.1, 0.15) is 36.8 Å². The molecule has 0 saturated carbocycles. The molecule has 178 valence electrons. The minimum Gasteiger partial charge on any atom is -0.435 e. The molecule has 2 saturated heterocycles. The highest BCUT2D eigenvalue weighted by molar-refractivity contribution is 5.78. The van der Waals surface area contributed by atoms with E-state index >= 15 is 0 Å². The number of nitrogens with one attached hydrogen (secondary N) is 1. The summed E-state index contributed by atoms with van der Waals surface area (Å²) in [6.45, 7) is 1.20. The number of ether oxygens (including phenoxy) is 1. The maximum absolute atomic E-state index is 12.6. The zero-order valence-electron chi connectivity index (χ0n) is 19.0. The van der Waals surface area contributed by atoms with Gasteiger partial charge < -0.3 is 10.1 Å². The molecular weight excluding hydrogens is 424 g/mol. The van der Waals surface area contributed by atoms with Gasteiger partial charge in [0.2, 0.25) is 5.91 Å². The third-order valence-electron chi connectivity index (χ3n) is 6.73. The molecule has 0 aromatic heterocycles. The Morgan fingerprint density at radius 3 is 2.30 bits per heavy atom. The standard InChI is InChI=1S/C26H33F2N3O2/c27-26(28)33-22-12-10-20(11-13-22)14-15-29-25(32)19-31-17-5-9-24(31)23-8-4-16-30(23)18-21-6-2-1-3-7-21/h1-3,6-7,10-13,23-24,26H,4-5,8-9,14-19H2,(H,29,32). The normalized spacial score (nSPS) is 21.5. The quantitative estimate of drug-likeness (QED) is 0.584. The van der Waals surface area contributed by atoms with E-state index in [0.717, 1.165) is 38.0 Å². The first-order valence-electron chi connectivity index (χ1n) is 11.9. The van der Waals surface area contributed by atoms with Crippen molar-refractivity contribution >= 4 is 5.91 Å². The lowest BCUT2D eigenvalue weighted by Crippen LogP contribution is -2.48. The molecule has 0 spiro atoms. The Labute approximate surface area is 194 Å². The Bertz CT molecular complexity index is 879. The number of amides is 1. The van der Waals surface area contributed by atoms with Gasteiger partial charge in [-0.3, -0.25) is 14.6 Å². The molecule has 2 aromatic carbocycles. The number of hydrogen-bond donors (Lipinski definition) is 1. The fraction of sp³-hybridized carbons (Fsp3) is 0.500. The van der Waals surface area contributed by atoms with Crippen molar-refractivity contribution in [2.45, 2.75) is 57.3 Å². The summed E-state index contributed by atoms with van der Waals surface area (Å²) in [4.78, 5) is 17.6. The highest BCUT2D eigenvalue weighted by Crippen LogP contribution is 2.30. The molecule has 2 unspecified atom stereocenters. The predicted octanol–water partition coefficient (Wildman–Crippen LogP) is 4.08. The number of rotatable bonds is 10. The summed E-state index contributed by atoms with van der Waals surface area (Å²) in [5.74, 6) is 0.193. The zero-order valence-corrected chi connectivity index (χ0v) is 19.0. The van der Waals surface area contributed by atoms with Gasteiger partial charge in [0.05, 0.1) is 6.54 Å². The Morgan fingerprint density at radius 1 is 0.939 bits per heavy atom. The van der Waals surface area contributed by atoms with Crippen molar-refractivity contribution < 1.29 is 18.3 Å². The fourth-order valence-corrected chi connectivity index (χ4v) is 5.21. The third-order valence-corrected chi connectivity index (χ3v) is 6.73. The average molecular weight is 458 g/mol. The molecule has 0 aliphatic carbocycles. The molecule has 1 amide bonds. The van der Waals surface area contributed by atoms with Crippen LogP contribution in [0.15, 0.2) is 54.6 Å². The summed E-state index contributed by atoms with van der Waals surface area (Å²) in [6.07, 6.45) is 5.35. The van der Waals surface area contributed by atoms with Crippen molar-refractivity contribution in [2.24, 2.45) is 0 Å². The van der Waals surface area contributed by atoms with Gasteiger partial charge in [-0.2, -0.15) is 8.78 Å². The maximum Gasteiger partial charge on any atom is 0.387 e. The zero-order chi connectivity index (χ0) is 23.0. The van der Waals surface area contributed by atoms with E-state index < -0.39 is 6.61 Å².